The summed E-state index contributed by atoms with van der Waals surface area (Å²) in [5, 5.41) is 3.34. The zero-order valence-electron chi connectivity index (χ0n) is 10.3. The van der Waals surface area contributed by atoms with Crippen LogP contribution in [0, 0.1) is 0 Å². The number of imidazole rings is 1. The van der Waals surface area contributed by atoms with Gasteiger partial charge in [0.1, 0.15) is 5.52 Å². The van der Waals surface area contributed by atoms with Gasteiger partial charge in [0, 0.05) is 12.6 Å². The van der Waals surface area contributed by atoms with Crippen molar-refractivity contribution < 1.29 is 0 Å². The van der Waals surface area contributed by atoms with Gasteiger partial charge >= 0.3 is 0 Å². The smallest absolute Gasteiger partial charge is 0.224 e. The molecule has 18 heavy (non-hydrogen) atoms. The summed E-state index contributed by atoms with van der Waals surface area (Å²) in [6.45, 7) is 2.03. The van der Waals surface area contributed by atoms with E-state index in [1.165, 1.54) is 12.8 Å². The first-order valence-electron chi connectivity index (χ1n) is 6.15. The Morgan fingerprint density at radius 2 is 2.44 bits per heavy atom. The molecule has 4 N–H and O–H groups in total. The molecule has 1 aliphatic heterocycles. The van der Waals surface area contributed by atoms with Gasteiger partial charge in [0.15, 0.2) is 11.5 Å². The summed E-state index contributed by atoms with van der Waals surface area (Å²) >= 11 is 0. The van der Waals surface area contributed by atoms with Crippen LogP contribution in [0.3, 0.4) is 0 Å². The summed E-state index contributed by atoms with van der Waals surface area (Å²) in [5.74, 6) is 0.979. The molecule has 7 nitrogen and oxygen atoms in total. The zero-order valence-corrected chi connectivity index (χ0v) is 10.3. The fourth-order valence-corrected chi connectivity index (χ4v) is 2.43. The van der Waals surface area contributed by atoms with Crippen LogP contribution in [0.4, 0.5) is 11.8 Å². The molecule has 1 atom stereocenters. The van der Waals surface area contributed by atoms with Gasteiger partial charge in [0.2, 0.25) is 5.95 Å². The van der Waals surface area contributed by atoms with Crippen molar-refractivity contribution in [1.29, 1.82) is 0 Å². The summed E-state index contributed by atoms with van der Waals surface area (Å²) < 4.78 is 0. The Morgan fingerprint density at radius 1 is 1.56 bits per heavy atom. The number of fused-ring (bicyclic) bond motifs is 1. The highest BCUT2D eigenvalue weighted by Crippen LogP contribution is 2.19. The predicted molar refractivity (Wildman–Crippen MR) is 70.2 cm³/mol. The number of anilines is 2. The van der Waals surface area contributed by atoms with Crippen molar-refractivity contribution in [1.82, 2.24) is 24.8 Å². The molecule has 0 aromatic carbocycles. The molecule has 0 radical (unpaired) electrons. The van der Waals surface area contributed by atoms with E-state index >= 15 is 0 Å². The minimum absolute atomic E-state index is 0.247. The third-order valence-corrected chi connectivity index (χ3v) is 3.48. The Labute approximate surface area is 105 Å². The maximum Gasteiger partial charge on any atom is 0.224 e. The van der Waals surface area contributed by atoms with Crippen molar-refractivity contribution in [3.8, 4) is 0 Å². The van der Waals surface area contributed by atoms with Crippen molar-refractivity contribution >= 4 is 22.9 Å². The lowest BCUT2D eigenvalue weighted by Crippen LogP contribution is -2.31. The van der Waals surface area contributed by atoms with Crippen LogP contribution in [0.25, 0.3) is 11.2 Å². The first-order valence-corrected chi connectivity index (χ1v) is 6.15. The lowest BCUT2D eigenvalue weighted by molar-refractivity contribution is 0.322. The molecule has 96 valence electrons. The maximum absolute atomic E-state index is 5.67. The number of likely N-dealkylation sites (N-methyl/N-ethyl adjacent to an activating group) is 1. The molecule has 2 aromatic rings. The Morgan fingerprint density at radius 3 is 3.22 bits per heavy atom. The van der Waals surface area contributed by atoms with E-state index in [0.717, 1.165) is 24.4 Å². The fourth-order valence-electron chi connectivity index (χ4n) is 2.43. The second kappa shape index (κ2) is 4.41. The summed E-state index contributed by atoms with van der Waals surface area (Å²) in [6, 6.07) is 0.555. The molecule has 1 saturated heterocycles. The Bertz CT molecular complexity index is 549. The number of likely N-dealkylation sites (tertiary alicyclic amines) is 1. The minimum Gasteiger partial charge on any atom is -0.368 e. The number of aromatic amines is 1. The number of H-pyrrole nitrogens is 1. The van der Waals surface area contributed by atoms with Crippen LogP contribution in [0.2, 0.25) is 0 Å². The average molecular weight is 247 g/mol. The highest BCUT2D eigenvalue weighted by atomic mass is 15.2. The van der Waals surface area contributed by atoms with Crippen molar-refractivity contribution in [2.45, 2.75) is 18.9 Å². The van der Waals surface area contributed by atoms with Crippen molar-refractivity contribution in [2.24, 2.45) is 0 Å². The van der Waals surface area contributed by atoms with E-state index in [-0.39, 0.29) is 5.95 Å². The number of hydrogen-bond acceptors (Lipinski definition) is 6. The van der Waals surface area contributed by atoms with Crippen LogP contribution in [-0.2, 0) is 0 Å². The van der Waals surface area contributed by atoms with Gasteiger partial charge in [-0.25, -0.2) is 4.98 Å². The van der Waals surface area contributed by atoms with E-state index < -0.39 is 0 Å². The normalized spacial score (nSPS) is 20.6. The summed E-state index contributed by atoms with van der Waals surface area (Å²) in [5.41, 5.74) is 7.08. The third kappa shape index (κ3) is 1.97. The van der Waals surface area contributed by atoms with Crippen LogP contribution < -0.4 is 11.1 Å². The quantitative estimate of drug-likeness (QED) is 0.728. The fraction of sp³-hybridized carbons (Fsp3) is 0.545. The van der Waals surface area contributed by atoms with Gasteiger partial charge in [-0.3, -0.25) is 0 Å². The lowest BCUT2D eigenvalue weighted by Gasteiger charge is -2.20. The number of rotatable bonds is 3. The molecule has 1 unspecified atom stereocenters. The highest BCUT2D eigenvalue weighted by Gasteiger charge is 2.21. The highest BCUT2D eigenvalue weighted by molar-refractivity contribution is 5.83. The first kappa shape index (κ1) is 11.2. The van der Waals surface area contributed by atoms with E-state index in [1.807, 2.05) is 0 Å². The van der Waals surface area contributed by atoms with E-state index in [1.54, 1.807) is 6.33 Å². The molecular formula is C11H17N7. The number of aromatic nitrogens is 4. The van der Waals surface area contributed by atoms with Gasteiger partial charge < -0.3 is 20.9 Å². The Hall–Kier alpha value is -1.89. The van der Waals surface area contributed by atoms with E-state index in [4.69, 9.17) is 5.73 Å². The van der Waals surface area contributed by atoms with Gasteiger partial charge in [-0.1, -0.05) is 0 Å². The Balaban J connectivity index is 1.79. The molecule has 7 heteroatoms. The van der Waals surface area contributed by atoms with Gasteiger partial charge in [-0.15, -0.1) is 0 Å². The standard InChI is InChI=1S/C11H17N7/c1-18-4-2-3-7(18)5-13-9-8-10(15-6-14-8)17-11(12)16-9/h6-7H,2-5H2,1H3,(H4,12,13,14,15,16,17). The molecule has 3 heterocycles. The largest absolute Gasteiger partial charge is 0.368 e. The van der Waals surface area contributed by atoms with Crippen LogP contribution in [-0.4, -0.2) is 51.0 Å². The predicted octanol–water partition coefficient (Wildman–Crippen LogP) is 0.441. The van der Waals surface area contributed by atoms with Crippen LogP contribution in [0.5, 0.6) is 0 Å². The lowest BCUT2D eigenvalue weighted by atomic mass is 10.2. The molecule has 0 saturated carbocycles. The number of nitrogens with zero attached hydrogens (tertiary/aromatic N) is 4. The molecule has 3 rings (SSSR count). The van der Waals surface area contributed by atoms with Gasteiger partial charge in [-0.2, -0.15) is 9.97 Å². The molecule has 0 aliphatic carbocycles. The summed E-state index contributed by atoms with van der Waals surface area (Å²) in [7, 11) is 2.15. The summed E-state index contributed by atoms with van der Waals surface area (Å²) in [4.78, 5) is 17.8. The van der Waals surface area contributed by atoms with Crippen molar-refractivity contribution in [3.05, 3.63) is 6.33 Å². The molecule has 1 aliphatic rings. The molecule has 1 fully saturated rings. The second-order valence-corrected chi connectivity index (χ2v) is 4.69. The molecular weight excluding hydrogens is 230 g/mol. The van der Waals surface area contributed by atoms with E-state index in [0.29, 0.717) is 11.7 Å². The van der Waals surface area contributed by atoms with Crippen LogP contribution >= 0.6 is 0 Å². The van der Waals surface area contributed by atoms with E-state index in [9.17, 15) is 0 Å². The Kier molecular flexibility index (Phi) is 2.75. The molecule has 2 aromatic heterocycles. The number of hydrogen-bond donors (Lipinski definition) is 3. The second-order valence-electron chi connectivity index (χ2n) is 4.69. The van der Waals surface area contributed by atoms with Crippen LogP contribution in [0.15, 0.2) is 6.33 Å². The molecule has 0 amide bonds. The van der Waals surface area contributed by atoms with Crippen LogP contribution in [0.1, 0.15) is 12.8 Å². The summed E-state index contributed by atoms with van der Waals surface area (Å²) in [6.07, 6.45) is 4.08. The topological polar surface area (TPSA) is 95.8 Å². The molecule has 0 spiro atoms. The number of nitrogen functional groups attached to an aromatic ring is 1. The number of nitrogens with two attached hydrogens (primary N) is 1. The van der Waals surface area contributed by atoms with Crippen molar-refractivity contribution in [2.75, 3.05) is 31.2 Å². The van der Waals surface area contributed by atoms with Gasteiger partial charge in [-0.05, 0) is 26.4 Å². The maximum atomic E-state index is 5.67. The first-order chi connectivity index (χ1) is 8.74. The van der Waals surface area contributed by atoms with Gasteiger partial charge in [0.05, 0.1) is 6.33 Å². The van der Waals surface area contributed by atoms with E-state index in [2.05, 4.69) is 37.2 Å². The minimum atomic E-state index is 0.247. The number of nitrogens with one attached hydrogen (secondary N) is 2. The van der Waals surface area contributed by atoms with Crippen molar-refractivity contribution in [3.63, 3.8) is 0 Å². The average Bonchev–Trinajstić information content (AvgIpc) is 2.94. The zero-order chi connectivity index (χ0) is 12.5. The SMILES string of the molecule is CN1CCCC1CNc1nc(N)nc2nc[nH]c12. The molecule has 0 bridgehead atoms. The van der Waals surface area contributed by atoms with Gasteiger partial charge in [0.25, 0.3) is 0 Å². The third-order valence-electron chi connectivity index (χ3n) is 3.48. The monoisotopic (exact) mass is 247 g/mol.